The number of hydrogen-bond donors (Lipinski definition) is 1. The van der Waals surface area contributed by atoms with E-state index in [4.69, 9.17) is 0 Å². The van der Waals surface area contributed by atoms with Gasteiger partial charge in [0.1, 0.15) is 5.82 Å². The third kappa shape index (κ3) is 2.71. The molecule has 1 saturated carbocycles. The molecule has 1 aliphatic rings. The number of rotatable bonds is 4. The van der Waals surface area contributed by atoms with Crippen molar-refractivity contribution in [3.05, 3.63) is 66.5 Å². The molecule has 1 amide bonds. The summed E-state index contributed by atoms with van der Waals surface area (Å²) >= 11 is 0. The lowest BCUT2D eigenvalue weighted by Crippen LogP contribution is -2.15. The summed E-state index contributed by atoms with van der Waals surface area (Å²) in [6.45, 7) is 0. The van der Waals surface area contributed by atoms with Crippen LogP contribution in [0.3, 0.4) is 0 Å². The number of hydrogen-bond acceptors (Lipinski definition) is 2. The van der Waals surface area contributed by atoms with E-state index < -0.39 is 0 Å². The van der Waals surface area contributed by atoms with Gasteiger partial charge in [-0.15, -0.1) is 0 Å². The molecule has 1 N–H and O–H groups in total. The highest BCUT2D eigenvalue weighted by atomic mass is 19.1. The van der Waals surface area contributed by atoms with E-state index in [9.17, 15) is 9.18 Å². The van der Waals surface area contributed by atoms with Gasteiger partial charge in [0.05, 0.1) is 11.9 Å². The van der Waals surface area contributed by atoms with Crippen molar-refractivity contribution in [1.82, 2.24) is 14.3 Å². The monoisotopic (exact) mass is 324 g/mol. The van der Waals surface area contributed by atoms with E-state index in [0.29, 0.717) is 11.4 Å². The van der Waals surface area contributed by atoms with E-state index in [1.165, 1.54) is 6.07 Å². The molecule has 0 aliphatic heterocycles. The molecule has 122 valence electrons. The van der Waals surface area contributed by atoms with Crippen LogP contribution in [0.25, 0.3) is 5.69 Å². The minimum Gasteiger partial charge on any atom is -0.326 e. The van der Waals surface area contributed by atoms with E-state index in [1.807, 2.05) is 25.4 Å². The highest BCUT2D eigenvalue weighted by Crippen LogP contribution is 2.47. The number of aryl methyl sites for hydroxylation is 1. The highest BCUT2D eigenvalue weighted by Gasteiger charge is 2.44. The summed E-state index contributed by atoms with van der Waals surface area (Å²) in [5.41, 5.74) is 2.10. The van der Waals surface area contributed by atoms with E-state index in [2.05, 4.69) is 10.4 Å². The third-order valence-electron chi connectivity index (χ3n) is 4.38. The maximum atomic E-state index is 14.0. The van der Waals surface area contributed by atoms with Gasteiger partial charge in [-0.05, 0) is 48.2 Å². The Morgan fingerprint density at radius 2 is 2.12 bits per heavy atom. The van der Waals surface area contributed by atoms with Crippen LogP contribution in [0.15, 0.2) is 55.1 Å². The SMILES string of the molecule is Cn1cc(C2CC2C(=O)Nc2ccc(F)c(-n3cccc3)c2)cn1. The predicted octanol–water partition coefficient (Wildman–Crippen LogP) is 3.09. The minimum absolute atomic E-state index is 0.0334. The second-order valence-corrected chi connectivity index (χ2v) is 6.14. The lowest BCUT2D eigenvalue weighted by atomic mass is 10.2. The number of nitrogens with one attached hydrogen (secondary N) is 1. The highest BCUT2D eigenvalue weighted by molar-refractivity contribution is 5.95. The number of amides is 1. The lowest BCUT2D eigenvalue weighted by molar-refractivity contribution is -0.117. The molecular weight excluding hydrogens is 307 g/mol. The van der Waals surface area contributed by atoms with Crippen molar-refractivity contribution >= 4 is 11.6 Å². The van der Waals surface area contributed by atoms with Crippen LogP contribution < -0.4 is 5.32 Å². The van der Waals surface area contributed by atoms with Crippen molar-refractivity contribution in [3.8, 4) is 5.69 Å². The Morgan fingerprint density at radius 3 is 2.83 bits per heavy atom. The van der Waals surface area contributed by atoms with Crippen LogP contribution in [0.4, 0.5) is 10.1 Å². The fourth-order valence-corrected chi connectivity index (χ4v) is 3.00. The van der Waals surface area contributed by atoms with Crippen molar-refractivity contribution < 1.29 is 9.18 Å². The lowest BCUT2D eigenvalue weighted by Gasteiger charge is -2.09. The Balaban J connectivity index is 1.48. The molecule has 3 aromatic rings. The Kier molecular flexibility index (Phi) is 3.45. The van der Waals surface area contributed by atoms with Gasteiger partial charge in [0.25, 0.3) is 0 Å². The van der Waals surface area contributed by atoms with Crippen molar-refractivity contribution in [2.75, 3.05) is 5.32 Å². The predicted molar refractivity (Wildman–Crippen MR) is 88.4 cm³/mol. The fraction of sp³-hybridized carbons (Fsp3) is 0.222. The van der Waals surface area contributed by atoms with Gasteiger partial charge < -0.3 is 9.88 Å². The number of halogens is 1. The first-order valence-corrected chi connectivity index (χ1v) is 7.84. The Hall–Kier alpha value is -2.89. The van der Waals surface area contributed by atoms with E-state index in [1.54, 1.807) is 40.0 Å². The van der Waals surface area contributed by atoms with Crippen LogP contribution in [0.1, 0.15) is 17.9 Å². The van der Waals surface area contributed by atoms with E-state index in [-0.39, 0.29) is 23.6 Å². The van der Waals surface area contributed by atoms with Gasteiger partial charge in [-0.1, -0.05) is 0 Å². The molecule has 1 fully saturated rings. The molecule has 0 radical (unpaired) electrons. The van der Waals surface area contributed by atoms with Gasteiger partial charge >= 0.3 is 0 Å². The molecular formula is C18H17FN4O. The zero-order valence-electron chi connectivity index (χ0n) is 13.2. The van der Waals surface area contributed by atoms with Crippen molar-refractivity contribution in [2.45, 2.75) is 12.3 Å². The molecule has 2 heterocycles. The molecule has 4 rings (SSSR count). The summed E-state index contributed by atoms with van der Waals surface area (Å²) in [6, 6.07) is 8.26. The van der Waals surface area contributed by atoms with Gasteiger partial charge in [0.15, 0.2) is 0 Å². The first-order valence-electron chi connectivity index (χ1n) is 7.84. The number of anilines is 1. The molecule has 2 atom stereocenters. The second kappa shape index (κ2) is 5.63. The summed E-state index contributed by atoms with van der Waals surface area (Å²) in [7, 11) is 1.86. The van der Waals surface area contributed by atoms with Crippen LogP contribution in [0.2, 0.25) is 0 Å². The maximum Gasteiger partial charge on any atom is 0.228 e. The Morgan fingerprint density at radius 1 is 1.33 bits per heavy atom. The number of aromatic nitrogens is 3. The van der Waals surface area contributed by atoms with Gasteiger partial charge in [-0.3, -0.25) is 9.48 Å². The average molecular weight is 324 g/mol. The number of carbonyl (C=O) groups excluding carboxylic acids is 1. The molecule has 24 heavy (non-hydrogen) atoms. The number of benzene rings is 1. The Labute approximate surface area is 138 Å². The molecule has 6 heteroatoms. The van der Waals surface area contributed by atoms with Crippen LogP contribution in [-0.2, 0) is 11.8 Å². The second-order valence-electron chi connectivity index (χ2n) is 6.14. The zero-order valence-corrected chi connectivity index (χ0v) is 13.2. The van der Waals surface area contributed by atoms with Gasteiger partial charge in [-0.2, -0.15) is 5.10 Å². The Bertz CT molecular complexity index is 884. The molecule has 1 aliphatic carbocycles. The van der Waals surface area contributed by atoms with Crippen molar-refractivity contribution in [2.24, 2.45) is 13.0 Å². The van der Waals surface area contributed by atoms with Crippen LogP contribution in [0.5, 0.6) is 0 Å². The summed E-state index contributed by atoms with van der Waals surface area (Å²) < 4.78 is 17.4. The standard InChI is InChI=1S/C18H17FN4O/c1-22-11-12(10-20-22)14-9-15(14)18(24)21-13-4-5-16(19)17(8-13)23-6-2-3-7-23/h2-8,10-11,14-15H,9H2,1H3,(H,21,24). The average Bonchev–Trinajstić information content (AvgIpc) is 2.96. The van der Waals surface area contributed by atoms with Crippen LogP contribution >= 0.6 is 0 Å². The number of nitrogens with zero attached hydrogens (tertiary/aromatic N) is 3. The molecule has 0 bridgehead atoms. The van der Waals surface area contributed by atoms with Gasteiger partial charge in [0, 0.05) is 37.2 Å². The van der Waals surface area contributed by atoms with Crippen molar-refractivity contribution in [1.29, 1.82) is 0 Å². The topological polar surface area (TPSA) is 51.9 Å². The molecule has 1 aromatic carbocycles. The summed E-state index contributed by atoms with van der Waals surface area (Å²) in [5, 5.41) is 7.04. The quantitative estimate of drug-likeness (QED) is 0.802. The van der Waals surface area contributed by atoms with Crippen LogP contribution in [-0.4, -0.2) is 20.3 Å². The zero-order chi connectivity index (χ0) is 16.7. The fourth-order valence-electron chi connectivity index (χ4n) is 3.00. The normalized spacial score (nSPS) is 19.2. The largest absolute Gasteiger partial charge is 0.326 e. The first-order chi connectivity index (χ1) is 11.6. The minimum atomic E-state index is -0.330. The molecule has 0 spiro atoms. The van der Waals surface area contributed by atoms with Gasteiger partial charge in [0.2, 0.25) is 5.91 Å². The molecule has 5 nitrogen and oxygen atoms in total. The smallest absolute Gasteiger partial charge is 0.228 e. The summed E-state index contributed by atoms with van der Waals surface area (Å²) in [4.78, 5) is 12.4. The van der Waals surface area contributed by atoms with Crippen molar-refractivity contribution in [3.63, 3.8) is 0 Å². The third-order valence-corrected chi connectivity index (χ3v) is 4.38. The molecule has 2 aromatic heterocycles. The van der Waals surface area contributed by atoms with Crippen LogP contribution in [0, 0.1) is 11.7 Å². The van der Waals surface area contributed by atoms with E-state index >= 15 is 0 Å². The molecule has 0 saturated heterocycles. The summed E-state index contributed by atoms with van der Waals surface area (Å²) in [5.74, 6) is -0.185. The van der Waals surface area contributed by atoms with E-state index in [0.717, 1.165) is 12.0 Å². The van der Waals surface area contributed by atoms with Gasteiger partial charge in [-0.25, -0.2) is 4.39 Å². The maximum absolute atomic E-state index is 14.0. The molecule has 2 unspecified atom stereocenters. The first kappa shape index (κ1) is 14.7. The number of carbonyl (C=O) groups is 1. The summed E-state index contributed by atoms with van der Waals surface area (Å²) in [6.07, 6.45) is 8.11.